The first-order chi connectivity index (χ1) is 10.2. The van der Waals surface area contributed by atoms with Gasteiger partial charge >= 0.3 is 5.97 Å². The first-order valence-electron chi connectivity index (χ1n) is 6.99. The molecule has 1 aromatic rings. The zero-order valence-corrected chi connectivity index (χ0v) is 12.4. The minimum Gasteiger partial charge on any atom is -0.461 e. The van der Waals surface area contributed by atoms with Crippen LogP contribution in [0, 0.1) is 0 Å². The quantitative estimate of drug-likeness (QED) is 0.757. The lowest BCUT2D eigenvalue weighted by atomic mass is 10.2. The van der Waals surface area contributed by atoms with Crippen molar-refractivity contribution in [2.24, 2.45) is 0 Å². The molecule has 0 spiro atoms. The van der Waals surface area contributed by atoms with Crippen molar-refractivity contribution < 1.29 is 19.0 Å². The molecule has 0 aromatic carbocycles. The van der Waals surface area contributed by atoms with Crippen LogP contribution < -0.4 is 10.6 Å². The molecule has 8 heteroatoms. The normalized spacial score (nSPS) is 20.1. The molecule has 2 heterocycles. The fourth-order valence-electron chi connectivity index (χ4n) is 2.03. The van der Waals surface area contributed by atoms with Crippen LogP contribution in [-0.2, 0) is 14.2 Å². The van der Waals surface area contributed by atoms with Gasteiger partial charge in [-0.3, -0.25) is 0 Å². The average Bonchev–Trinajstić information content (AvgIpc) is 2.48. The Balaban J connectivity index is 2.30. The van der Waals surface area contributed by atoms with E-state index in [2.05, 4.69) is 20.6 Å². The number of carbonyl (C=O) groups is 1. The van der Waals surface area contributed by atoms with E-state index in [0.717, 1.165) is 0 Å². The fraction of sp³-hybridized carbons (Fsp3) is 0.615. The number of hydrogen-bond donors (Lipinski definition) is 2. The van der Waals surface area contributed by atoms with Crippen LogP contribution in [-0.4, -0.2) is 48.2 Å². The van der Waals surface area contributed by atoms with Crippen molar-refractivity contribution in [1.82, 2.24) is 9.97 Å². The summed E-state index contributed by atoms with van der Waals surface area (Å²) in [5.41, 5.74) is 0.638. The molecule has 0 fully saturated rings. The van der Waals surface area contributed by atoms with Gasteiger partial charge in [0, 0.05) is 13.2 Å². The van der Waals surface area contributed by atoms with Gasteiger partial charge in [0.05, 0.1) is 6.61 Å². The molecule has 2 atom stereocenters. The molecule has 0 radical (unpaired) electrons. The van der Waals surface area contributed by atoms with Gasteiger partial charge in [-0.15, -0.1) is 0 Å². The molecular formula is C13H20N4O4. The largest absolute Gasteiger partial charge is 0.461 e. The summed E-state index contributed by atoms with van der Waals surface area (Å²) in [5.74, 6) is -0.0157. The highest BCUT2D eigenvalue weighted by Crippen LogP contribution is 2.30. The summed E-state index contributed by atoms with van der Waals surface area (Å²) >= 11 is 0. The number of fused-ring (bicyclic) bond motifs is 1. The highest BCUT2D eigenvalue weighted by Gasteiger charge is 2.32. The SMILES string of the molecule is CCOC(=O)c1ncnc2c1NC(OCC)C(OCC)N2. The number of ether oxygens (including phenoxy) is 3. The molecule has 0 bridgehead atoms. The summed E-state index contributed by atoms with van der Waals surface area (Å²) in [5, 5.41) is 6.21. The molecule has 0 aliphatic carbocycles. The van der Waals surface area contributed by atoms with Crippen molar-refractivity contribution in [1.29, 1.82) is 0 Å². The summed E-state index contributed by atoms with van der Waals surface area (Å²) < 4.78 is 16.2. The van der Waals surface area contributed by atoms with E-state index in [9.17, 15) is 4.79 Å². The van der Waals surface area contributed by atoms with E-state index in [1.165, 1.54) is 6.33 Å². The van der Waals surface area contributed by atoms with Gasteiger partial charge < -0.3 is 24.8 Å². The first-order valence-corrected chi connectivity index (χ1v) is 6.99. The van der Waals surface area contributed by atoms with E-state index in [1.807, 2.05) is 13.8 Å². The smallest absolute Gasteiger partial charge is 0.359 e. The zero-order chi connectivity index (χ0) is 15.2. The number of rotatable bonds is 6. The molecule has 1 aliphatic rings. The lowest BCUT2D eigenvalue weighted by molar-refractivity contribution is -0.0421. The third-order valence-electron chi connectivity index (χ3n) is 2.85. The van der Waals surface area contributed by atoms with Crippen LogP contribution >= 0.6 is 0 Å². The lowest BCUT2D eigenvalue weighted by Crippen LogP contribution is -2.47. The highest BCUT2D eigenvalue weighted by atomic mass is 16.6. The van der Waals surface area contributed by atoms with Crippen LogP contribution in [0.4, 0.5) is 11.5 Å². The van der Waals surface area contributed by atoms with E-state index < -0.39 is 18.4 Å². The Labute approximate surface area is 123 Å². The van der Waals surface area contributed by atoms with Crippen LogP contribution in [0.2, 0.25) is 0 Å². The summed E-state index contributed by atoms with van der Waals surface area (Å²) in [6, 6.07) is 0. The molecule has 2 unspecified atom stereocenters. The van der Waals surface area contributed by atoms with Crippen LogP contribution in [0.15, 0.2) is 6.33 Å². The van der Waals surface area contributed by atoms with E-state index in [4.69, 9.17) is 14.2 Å². The van der Waals surface area contributed by atoms with Gasteiger partial charge in [0.15, 0.2) is 24.0 Å². The van der Waals surface area contributed by atoms with Crippen molar-refractivity contribution in [2.75, 3.05) is 30.5 Å². The molecule has 116 valence electrons. The minimum absolute atomic E-state index is 0.175. The Morgan fingerprint density at radius 3 is 2.38 bits per heavy atom. The van der Waals surface area contributed by atoms with Crippen LogP contribution in [0.3, 0.4) is 0 Å². The minimum atomic E-state index is -0.504. The Morgan fingerprint density at radius 1 is 1.10 bits per heavy atom. The topological polar surface area (TPSA) is 94.6 Å². The van der Waals surface area contributed by atoms with E-state index in [1.54, 1.807) is 6.92 Å². The monoisotopic (exact) mass is 296 g/mol. The Morgan fingerprint density at radius 2 is 1.76 bits per heavy atom. The molecule has 0 saturated carbocycles. The predicted molar refractivity (Wildman–Crippen MR) is 76.1 cm³/mol. The highest BCUT2D eigenvalue weighted by molar-refractivity contribution is 5.96. The maximum absolute atomic E-state index is 11.9. The number of nitrogens with zero attached hydrogens (tertiary/aromatic N) is 2. The standard InChI is InChI=1S/C13H20N4O4/c1-4-19-11-12(20-5-2)17-10-8(16-11)9(14-7-15-10)13(18)21-6-3/h7,11-12,16H,4-6H2,1-3H3,(H,14,15,17). The summed E-state index contributed by atoms with van der Waals surface area (Å²) in [6.45, 7) is 6.82. The van der Waals surface area contributed by atoms with Gasteiger partial charge in [-0.2, -0.15) is 0 Å². The van der Waals surface area contributed by atoms with E-state index in [0.29, 0.717) is 24.7 Å². The van der Waals surface area contributed by atoms with Crippen molar-refractivity contribution in [3.05, 3.63) is 12.0 Å². The molecule has 0 amide bonds. The molecular weight excluding hydrogens is 276 g/mol. The molecule has 2 rings (SSSR count). The molecule has 1 aromatic heterocycles. The van der Waals surface area contributed by atoms with Gasteiger partial charge in [0.2, 0.25) is 0 Å². The molecule has 8 nitrogen and oxygen atoms in total. The fourth-order valence-corrected chi connectivity index (χ4v) is 2.03. The maximum atomic E-state index is 11.9. The molecule has 0 saturated heterocycles. The lowest BCUT2D eigenvalue weighted by Gasteiger charge is -2.34. The van der Waals surface area contributed by atoms with E-state index >= 15 is 0 Å². The number of anilines is 2. The van der Waals surface area contributed by atoms with Crippen LogP contribution in [0.5, 0.6) is 0 Å². The number of nitrogens with one attached hydrogen (secondary N) is 2. The van der Waals surface area contributed by atoms with Gasteiger partial charge in [-0.25, -0.2) is 14.8 Å². The number of hydrogen-bond acceptors (Lipinski definition) is 8. The summed E-state index contributed by atoms with van der Waals surface area (Å²) in [4.78, 5) is 20.0. The van der Waals surface area contributed by atoms with Gasteiger partial charge in [-0.1, -0.05) is 0 Å². The van der Waals surface area contributed by atoms with Gasteiger partial charge in [-0.05, 0) is 20.8 Å². The average molecular weight is 296 g/mol. The molecule has 21 heavy (non-hydrogen) atoms. The third kappa shape index (κ3) is 3.40. The zero-order valence-electron chi connectivity index (χ0n) is 12.4. The number of carbonyl (C=O) groups excluding carboxylic acids is 1. The molecule has 1 aliphatic heterocycles. The first kappa shape index (κ1) is 15.5. The Bertz CT molecular complexity index is 497. The van der Waals surface area contributed by atoms with Crippen molar-refractivity contribution >= 4 is 17.5 Å². The van der Waals surface area contributed by atoms with Crippen molar-refractivity contribution in [3.8, 4) is 0 Å². The summed E-state index contributed by atoms with van der Waals surface area (Å²) in [7, 11) is 0. The predicted octanol–water partition coefficient (Wildman–Crippen LogP) is 1.22. The van der Waals surface area contributed by atoms with E-state index in [-0.39, 0.29) is 12.3 Å². The Kier molecular flexibility index (Phi) is 5.29. The van der Waals surface area contributed by atoms with Gasteiger partial charge in [0.25, 0.3) is 0 Å². The summed E-state index contributed by atoms with van der Waals surface area (Å²) in [6.07, 6.45) is 0.470. The van der Waals surface area contributed by atoms with Crippen molar-refractivity contribution in [2.45, 2.75) is 33.2 Å². The molecule has 2 N–H and O–H groups in total. The Hall–Kier alpha value is -1.93. The second-order valence-electron chi connectivity index (χ2n) is 4.21. The van der Waals surface area contributed by atoms with Crippen LogP contribution in [0.1, 0.15) is 31.3 Å². The number of esters is 1. The second kappa shape index (κ2) is 7.19. The number of aromatic nitrogens is 2. The second-order valence-corrected chi connectivity index (χ2v) is 4.21. The van der Waals surface area contributed by atoms with Crippen molar-refractivity contribution in [3.63, 3.8) is 0 Å². The van der Waals surface area contributed by atoms with Crippen LogP contribution in [0.25, 0.3) is 0 Å². The maximum Gasteiger partial charge on any atom is 0.359 e. The third-order valence-corrected chi connectivity index (χ3v) is 2.85. The van der Waals surface area contributed by atoms with Gasteiger partial charge in [0.1, 0.15) is 12.0 Å².